The van der Waals surface area contributed by atoms with Gasteiger partial charge in [-0.3, -0.25) is 9.88 Å². The van der Waals surface area contributed by atoms with E-state index < -0.39 is 24.3 Å². The lowest BCUT2D eigenvalue weighted by atomic mass is 10.1. The lowest BCUT2D eigenvalue weighted by Crippen LogP contribution is -2.51. The zero-order valence-electron chi connectivity index (χ0n) is 19.5. The van der Waals surface area contributed by atoms with E-state index in [1.807, 2.05) is 6.07 Å². The Morgan fingerprint density at radius 1 is 1.03 bits per heavy atom. The maximum absolute atomic E-state index is 10.6. The van der Waals surface area contributed by atoms with E-state index in [0.717, 1.165) is 43.8 Å². The van der Waals surface area contributed by atoms with Gasteiger partial charge in [0.25, 0.3) is 0 Å². The third kappa shape index (κ3) is 10.3. The summed E-state index contributed by atoms with van der Waals surface area (Å²) in [4.78, 5) is 27.3. The second kappa shape index (κ2) is 13.4. The number of aliphatic hydroxyl groups is 1. The molecule has 1 aromatic heterocycles. The third-order valence-corrected chi connectivity index (χ3v) is 5.13. The fraction of sp³-hybridized carbons (Fsp3) is 0.500. The number of aromatic nitrogens is 1. The number of carboxylic acids is 2. The quantitative estimate of drug-likeness (QED) is 0.519. The summed E-state index contributed by atoms with van der Waals surface area (Å²) in [7, 11) is 2.16. The summed E-state index contributed by atoms with van der Waals surface area (Å²) in [6.45, 7) is 6.45. The van der Waals surface area contributed by atoms with Crippen LogP contribution < -0.4 is 0 Å². The Morgan fingerprint density at radius 3 is 2.06 bits per heavy atom. The Bertz CT molecular complexity index is 992. The van der Waals surface area contributed by atoms with E-state index in [1.54, 1.807) is 0 Å². The second-order valence-corrected chi connectivity index (χ2v) is 7.93. The summed E-state index contributed by atoms with van der Waals surface area (Å²) in [5, 5.41) is 24.7. The number of aliphatic hydroxyl groups excluding tert-OH is 1. The molecule has 2 heterocycles. The molecule has 1 fully saturated rings. The highest BCUT2D eigenvalue weighted by atomic mass is 19.4. The predicted octanol–water partition coefficient (Wildman–Crippen LogP) is 3.31. The number of alkyl halides is 6. The molecule has 1 unspecified atom stereocenters. The predicted molar refractivity (Wildman–Crippen MR) is 117 cm³/mol. The molecule has 1 saturated heterocycles. The van der Waals surface area contributed by atoms with Crippen molar-refractivity contribution in [3.63, 3.8) is 0 Å². The summed E-state index contributed by atoms with van der Waals surface area (Å²) in [5.74, 6) is -5.51. The van der Waals surface area contributed by atoms with Gasteiger partial charge >= 0.3 is 24.3 Å². The standard InChI is InChI=1S/C18H25N3O.2C2HF3O2/c1-14-11-15(17-5-3-4-6-18(17)19-14)12-21-9-8-20(2)16(13-21)7-10-22;2*3-2(4,5)1(6)7/h3-6,11,16,22H,7-10,12-13H2,1-2H3;2*(H,6,7). The molecule has 14 heteroatoms. The third-order valence-electron chi connectivity index (χ3n) is 5.13. The van der Waals surface area contributed by atoms with E-state index in [0.29, 0.717) is 6.04 Å². The number of hydrogen-bond acceptors (Lipinski definition) is 6. The summed E-state index contributed by atoms with van der Waals surface area (Å²) < 4.78 is 63.5. The fourth-order valence-corrected chi connectivity index (χ4v) is 3.38. The number of carbonyl (C=O) groups is 2. The molecule has 0 saturated carbocycles. The number of halogens is 6. The molecule has 0 spiro atoms. The Morgan fingerprint density at radius 2 is 1.56 bits per heavy atom. The van der Waals surface area contributed by atoms with Gasteiger partial charge < -0.3 is 20.2 Å². The Hall–Kier alpha value is -2.97. The van der Waals surface area contributed by atoms with Gasteiger partial charge in [0, 0.05) is 49.9 Å². The SMILES string of the molecule is Cc1cc(CN2CCN(C)C(CCO)C2)c2ccccc2n1.O=C(O)C(F)(F)F.O=C(O)C(F)(F)F. The molecule has 202 valence electrons. The number of aryl methyl sites for hydroxylation is 1. The van der Waals surface area contributed by atoms with Gasteiger partial charge in [-0.05, 0) is 38.1 Å². The smallest absolute Gasteiger partial charge is 0.475 e. The maximum Gasteiger partial charge on any atom is 0.490 e. The number of pyridine rings is 1. The molecule has 1 aliphatic rings. The summed E-state index contributed by atoms with van der Waals surface area (Å²) in [6, 6.07) is 11.0. The van der Waals surface area contributed by atoms with E-state index in [9.17, 15) is 31.4 Å². The van der Waals surface area contributed by atoms with Crippen LogP contribution in [0.2, 0.25) is 0 Å². The number of aliphatic carboxylic acids is 2. The van der Waals surface area contributed by atoms with Gasteiger partial charge in [0.15, 0.2) is 0 Å². The van der Waals surface area contributed by atoms with Gasteiger partial charge in [0.05, 0.1) is 5.52 Å². The molecule has 8 nitrogen and oxygen atoms in total. The first-order chi connectivity index (χ1) is 16.6. The van der Waals surface area contributed by atoms with E-state index >= 15 is 0 Å². The Balaban J connectivity index is 0.000000383. The van der Waals surface area contributed by atoms with Crippen molar-refractivity contribution in [1.82, 2.24) is 14.8 Å². The molecule has 3 N–H and O–H groups in total. The molecule has 0 aliphatic carbocycles. The van der Waals surface area contributed by atoms with E-state index in [1.165, 1.54) is 10.9 Å². The monoisotopic (exact) mass is 527 g/mol. The second-order valence-electron chi connectivity index (χ2n) is 7.93. The van der Waals surface area contributed by atoms with E-state index in [-0.39, 0.29) is 6.61 Å². The zero-order chi connectivity index (χ0) is 27.7. The Labute approximate surface area is 202 Å². The van der Waals surface area contributed by atoms with Crippen molar-refractivity contribution in [1.29, 1.82) is 0 Å². The first-order valence-corrected chi connectivity index (χ1v) is 10.5. The van der Waals surface area contributed by atoms with Crippen molar-refractivity contribution >= 4 is 22.8 Å². The van der Waals surface area contributed by atoms with Crippen LogP contribution in [-0.4, -0.2) is 93.7 Å². The molecule has 1 aromatic carbocycles. The number of nitrogens with zero attached hydrogens (tertiary/aromatic N) is 3. The molecule has 0 radical (unpaired) electrons. The first-order valence-electron chi connectivity index (χ1n) is 10.5. The Kier molecular flexibility index (Phi) is 11.5. The number of hydrogen-bond donors (Lipinski definition) is 3. The van der Waals surface area contributed by atoms with E-state index in [4.69, 9.17) is 19.8 Å². The number of piperazine rings is 1. The van der Waals surface area contributed by atoms with Gasteiger partial charge in [-0.1, -0.05) is 18.2 Å². The van der Waals surface area contributed by atoms with E-state index in [2.05, 4.69) is 53.0 Å². The largest absolute Gasteiger partial charge is 0.490 e. The van der Waals surface area contributed by atoms with Gasteiger partial charge in [0.2, 0.25) is 0 Å². The zero-order valence-corrected chi connectivity index (χ0v) is 19.5. The number of carboxylic acid groups (broad SMARTS) is 2. The highest BCUT2D eigenvalue weighted by Gasteiger charge is 2.38. The normalized spacial score (nSPS) is 17.0. The van der Waals surface area contributed by atoms with Gasteiger partial charge in [0.1, 0.15) is 0 Å². The van der Waals surface area contributed by atoms with Crippen LogP contribution >= 0.6 is 0 Å². The lowest BCUT2D eigenvalue weighted by Gasteiger charge is -2.39. The lowest BCUT2D eigenvalue weighted by molar-refractivity contribution is -0.193. The molecule has 1 aliphatic heterocycles. The van der Waals surface area contributed by atoms with Crippen LogP contribution in [0.5, 0.6) is 0 Å². The molecule has 36 heavy (non-hydrogen) atoms. The highest BCUT2D eigenvalue weighted by molar-refractivity contribution is 5.82. The van der Waals surface area contributed by atoms with Crippen LogP contribution in [0.1, 0.15) is 17.7 Å². The number of para-hydroxylation sites is 1. The van der Waals surface area contributed by atoms with Crippen molar-refractivity contribution in [2.45, 2.75) is 38.3 Å². The summed E-state index contributed by atoms with van der Waals surface area (Å²) >= 11 is 0. The van der Waals surface area contributed by atoms with Crippen molar-refractivity contribution in [2.24, 2.45) is 0 Å². The van der Waals surface area contributed by atoms with Crippen molar-refractivity contribution in [3.05, 3.63) is 41.6 Å². The van der Waals surface area contributed by atoms with Crippen molar-refractivity contribution in [3.8, 4) is 0 Å². The summed E-state index contributed by atoms with van der Waals surface area (Å²) in [5.41, 5.74) is 3.52. The van der Waals surface area contributed by atoms with Gasteiger partial charge in [-0.15, -0.1) is 0 Å². The van der Waals surface area contributed by atoms with Crippen LogP contribution in [0.25, 0.3) is 10.9 Å². The topological polar surface area (TPSA) is 114 Å². The number of rotatable bonds is 4. The number of benzene rings is 1. The molecular weight excluding hydrogens is 500 g/mol. The maximum atomic E-state index is 10.6. The van der Waals surface area contributed by atoms with Crippen molar-refractivity contribution in [2.75, 3.05) is 33.3 Å². The molecule has 0 bridgehead atoms. The average molecular weight is 527 g/mol. The van der Waals surface area contributed by atoms with Crippen LogP contribution in [0.4, 0.5) is 26.3 Å². The molecule has 2 aromatic rings. The molecular formula is C22H27F6N3O5. The van der Waals surface area contributed by atoms with Gasteiger partial charge in [-0.2, -0.15) is 26.3 Å². The first kappa shape index (κ1) is 31.1. The van der Waals surface area contributed by atoms with Gasteiger partial charge in [-0.25, -0.2) is 9.59 Å². The number of fused-ring (bicyclic) bond motifs is 1. The minimum Gasteiger partial charge on any atom is -0.475 e. The van der Waals surface area contributed by atoms with Crippen LogP contribution in [0, 0.1) is 6.92 Å². The molecule has 0 amide bonds. The van der Waals surface area contributed by atoms with Crippen LogP contribution in [-0.2, 0) is 16.1 Å². The van der Waals surface area contributed by atoms with Crippen LogP contribution in [0.3, 0.4) is 0 Å². The minimum absolute atomic E-state index is 0.264. The number of likely N-dealkylation sites (N-methyl/N-ethyl adjacent to an activating group) is 1. The van der Waals surface area contributed by atoms with Crippen molar-refractivity contribution < 1.29 is 51.3 Å². The fourth-order valence-electron chi connectivity index (χ4n) is 3.38. The average Bonchev–Trinajstić information content (AvgIpc) is 2.75. The molecule has 3 rings (SSSR count). The minimum atomic E-state index is -5.08. The molecule has 1 atom stereocenters. The van der Waals surface area contributed by atoms with Crippen LogP contribution in [0.15, 0.2) is 30.3 Å². The highest BCUT2D eigenvalue weighted by Crippen LogP contribution is 2.21. The summed E-state index contributed by atoms with van der Waals surface area (Å²) in [6.07, 6.45) is -9.32.